The van der Waals surface area contributed by atoms with Crippen molar-refractivity contribution in [1.29, 1.82) is 0 Å². The number of likely N-dealkylation sites (N-methyl/N-ethyl adjacent to an activating group) is 1. The van der Waals surface area contributed by atoms with E-state index in [1.165, 1.54) is 0 Å². The molecule has 0 unspecified atom stereocenters. The van der Waals surface area contributed by atoms with E-state index in [1.54, 1.807) is 35.0 Å². The molecule has 0 aliphatic carbocycles. The quantitative estimate of drug-likeness (QED) is 0.868. The van der Waals surface area contributed by atoms with Gasteiger partial charge in [0.25, 0.3) is 0 Å². The molecule has 0 aliphatic heterocycles. The van der Waals surface area contributed by atoms with Gasteiger partial charge in [-0.25, -0.2) is 0 Å². The summed E-state index contributed by atoms with van der Waals surface area (Å²) in [6, 6.07) is 1.65. The minimum atomic E-state index is -0.379. The van der Waals surface area contributed by atoms with E-state index in [2.05, 4.69) is 15.9 Å². The van der Waals surface area contributed by atoms with Crippen LogP contribution in [0.25, 0.3) is 0 Å². The van der Waals surface area contributed by atoms with Gasteiger partial charge in [0.15, 0.2) is 0 Å². The maximum Gasteiger partial charge on any atom is 0.239 e. The Hall–Kier alpha value is -0.0400. The van der Waals surface area contributed by atoms with Gasteiger partial charge in [0.2, 0.25) is 5.91 Å². The van der Waals surface area contributed by atoms with E-state index in [0.29, 0.717) is 6.54 Å². The number of rotatable bonds is 6. The molecular formula is C11H17BrN2OS2. The molecule has 96 valence electrons. The minimum Gasteiger partial charge on any atom is -0.339 e. The second-order valence-corrected chi connectivity index (χ2v) is 6.71. The number of nitrogens with two attached hydrogens (primary N) is 1. The number of thiophene rings is 1. The fourth-order valence-electron chi connectivity index (χ4n) is 1.40. The zero-order chi connectivity index (χ0) is 12.8. The lowest BCUT2D eigenvalue weighted by atomic mass is 10.2. The van der Waals surface area contributed by atoms with Crippen molar-refractivity contribution in [2.24, 2.45) is 5.73 Å². The molecule has 0 saturated carbocycles. The summed E-state index contributed by atoms with van der Waals surface area (Å²) in [5.74, 6) is 0.939. The molecule has 1 atom stereocenters. The molecule has 1 aromatic rings. The minimum absolute atomic E-state index is 0.0172. The summed E-state index contributed by atoms with van der Waals surface area (Å²) in [6.07, 6.45) is 2.75. The Morgan fingerprint density at radius 1 is 1.71 bits per heavy atom. The number of thioether (sulfide) groups is 1. The van der Waals surface area contributed by atoms with Gasteiger partial charge >= 0.3 is 0 Å². The molecule has 2 N–H and O–H groups in total. The second kappa shape index (κ2) is 7.41. The van der Waals surface area contributed by atoms with Crippen molar-refractivity contribution < 1.29 is 4.79 Å². The highest BCUT2D eigenvalue weighted by Crippen LogP contribution is 2.21. The van der Waals surface area contributed by atoms with Crippen molar-refractivity contribution >= 4 is 44.9 Å². The highest BCUT2D eigenvalue weighted by Gasteiger charge is 2.18. The molecule has 1 amide bonds. The summed E-state index contributed by atoms with van der Waals surface area (Å²) >= 11 is 6.75. The molecule has 6 heteroatoms. The number of hydrogen-bond acceptors (Lipinski definition) is 4. The van der Waals surface area contributed by atoms with E-state index >= 15 is 0 Å². The molecule has 0 spiro atoms. The molecular weight excluding hydrogens is 320 g/mol. The van der Waals surface area contributed by atoms with Crippen molar-refractivity contribution in [3.8, 4) is 0 Å². The number of hydrogen-bond donors (Lipinski definition) is 1. The largest absolute Gasteiger partial charge is 0.339 e. The molecule has 1 rings (SSSR count). The number of amides is 1. The Kier molecular flexibility index (Phi) is 6.54. The Morgan fingerprint density at radius 3 is 2.94 bits per heavy atom. The fraction of sp³-hybridized carbons (Fsp3) is 0.545. The first kappa shape index (κ1) is 15.0. The summed E-state index contributed by atoms with van der Waals surface area (Å²) in [7, 11) is 1.80. The molecule has 17 heavy (non-hydrogen) atoms. The van der Waals surface area contributed by atoms with Crippen LogP contribution in [-0.2, 0) is 11.3 Å². The van der Waals surface area contributed by atoms with Crippen molar-refractivity contribution in [3.63, 3.8) is 0 Å². The van der Waals surface area contributed by atoms with E-state index in [-0.39, 0.29) is 11.9 Å². The normalized spacial score (nSPS) is 12.5. The van der Waals surface area contributed by atoms with E-state index in [0.717, 1.165) is 21.5 Å². The van der Waals surface area contributed by atoms with Crippen molar-refractivity contribution in [2.75, 3.05) is 19.1 Å². The lowest BCUT2D eigenvalue weighted by Crippen LogP contribution is -2.41. The van der Waals surface area contributed by atoms with Gasteiger partial charge in [-0.05, 0) is 40.4 Å². The smallest absolute Gasteiger partial charge is 0.239 e. The van der Waals surface area contributed by atoms with Gasteiger partial charge < -0.3 is 10.6 Å². The molecule has 1 heterocycles. The standard InChI is InChI=1S/C11H17BrN2OS2/c1-14(6-9-5-8(12)7-17-9)11(15)10(13)3-4-16-2/h5,7,10H,3-4,6,13H2,1-2H3/t10-/m0/s1. The number of nitrogens with zero attached hydrogens (tertiary/aromatic N) is 1. The summed E-state index contributed by atoms with van der Waals surface area (Å²) in [4.78, 5) is 14.8. The summed E-state index contributed by atoms with van der Waals surface area (Å²) < 4.78 is 1.06. The highest BCUT2D eigenvalue weighted by atomic mass is 79.9. The van der Waals surface area contributed by atoms with E-state index in [4.69, 9.17) is 5.73 Å². The van der Waals surface area contributed by atoms with Gasteiger partial charge in [-0.3, -0.25) is 4.79 Å². The zero-order valence-corrected chi connectivity index (χ0v) is 13.2. The Morgan fingerprint density at radius 2 is 2.41 bits per heavy atom. The van der Waals surface area contributed by atoms with Crippen LogP contribution in [0.3, 0.4) is 0 Å². The highest BCUT2D eigenvalue weighted by molar-refractivity contribution is 9.10. The van der Waals surface area contributed by atoms with E-state index < -0.39 is 0 Å². The third kappa shape index (κ3) is 4.99. The van der Waals surface area contributed by atoms with Gasteiger partial charge in [-0.2, -0.15) is 11.8 Å². The monoisotopic (exact) mass is 336 g/mol. The van der Waals surface area contributed by atoms with Crippen LogP contribution in [0, 0.1) is 0 Å². The number of carbonyl (C=O) groups is 1. The maximum atomic E-state index is 11.9. The van der Waals surface area contributed by atoms with Crippen LogP contribution in [0.15, 0.2) is 15.9 Å². The molecule has 0 aromatic carbocycles. The van der Waals surface area contributed by atoms with Crippen LogP contribution in [0.1, 0.15) is 11.3 Å². The van der Waals surface area contributed by atoms with Gasteiger partial charge in [0, 0.05) is 21.8 Å². The average Bonchev–Trinajstić information content (AvgIpc) is 2.70. The predicted molar refractivity (Wildman–Crippen MR) is 79.5 cm³/mol. The average molecular weight is 337 g/mol. The van der Waals surface area contributed by atoms with Gasteiger partial charge in [0.1, 0.15) is 0 Å². The molecule has 3 nitrogen and oxygen atoms in total. The lowest BCUT2D eigenvalue weighted by molar-refractivity contribution is -0.131. The molecule has 0 fully saturated rings. The molecule has 0 saturated heterocycles. The number of halogens is 1. The second-order valence-electron chi connectivity index (χ2n) is 3.81. The summed E-state index contributed by atoms with van der Waals surface area (Å²) in [5, 5.41) is 2.02. The van der Waals surface area contributed by atoms with E-state index in [9.17, 15) is 4.79 Å². The summed E-state index contributed by atoms with van der Waals surface area (Å²) in [5.41, 5.74) is 5.85. The SMILES string of the molecule is CSCC[C@H](N)C(=O)N(C)Cc1cc(Br)cs1. The predicted octanol–water partition coefficient (Wildman–Crippen LogP) is 2.55. The van der Waals surface area contributed by atoms with Crippen LogP contribution in [0.5, 0.6) is 0 Å². The van der Waals surface area contributed by atoms with Crippen LogP contribution in [-0.4, -0.2) is 35.9 Å². The van der Waals surface area contributed by atoms with Gasteiger partial charge in [-0.15, -0.1) is 11.3 Å². The Balaban J connectivity index is 2.46. The Labute approximate surface area is 119 Å². The number of carbonyl (C=O) groups excluding carboxylic acids is 1. The van der Waals surface area contributed by atoms with E-state index in [1.807, 2.05) is 17.7 Å². The molecule has 0 aliphatic rings. The van der Waals surface area contributed by atoms with Crippen LogP contribution >= 0.6 is 39.0 Å². The first-order chi connectivity index (χ1) is 8.04. The Bertz CT molecular complexity index is 370. The van der Waals surface area contributed by atoms with Crippen LogP contribution in [0.2, 0.25) is 0 Å². The maximum absolute atomic E-state index is 11.9. The van der Waals surface area contributed by atoms with Gasteiger partial charge in [-0.1, -0.05) is 0 Å². The van der Waals surface area contributed by atoms with Gasteiger partial charge in [0.05, 0.1) is 12.6 Å². The molecule has 1 aromatic heterocycles. The third-order valence-corrected chi connectivity index (χ3v) is 4.67. The first-order valence-corrected chi connectivity index (χ1v) is 8.33. The fourth-order valence-corrected chi connectivity index (χ4v) is 3.39. The van der Waals surface area contributed by atoms with Crippen molar-refractivity contribution in [2.45, 2.75) is 19.0 Å². The first-order valence-electron chi connectivity index (χ1n) is 5.27. The lowest BCUT2D eigenvalue weighted by Gasteiger charge is -2.20. The van der Waals surface area contributed by atoms with Crippen LogP contribution < -0.4 is 5.73 Å². The van der Waals surface area contributed by atoms with Crippen molar-refractivity contribution in [1.82, 2.24) is 4.90 Å². The molecule has 0 radical (unpaired) electrons. The zero-order valence-electron chi connectivity index (χ0n) is 9.98. The summed E-state index contributed by atoms with van der Waals surface area (Å²) in [6.45, 7) is 0.627. The van der Waals surface area contributed by atoms with Crippen LogP contribution in [0.4, 0.5) is 0 Å². The van der Waals surface area contributed by atoms with Crippen molar-refractivity contribution in [3.05, 3.63) is 20.8 Å². The molecule has 0 bridgehead atoms. The third-order valence-electron chi connectivity index (χ3n) is 2.34. The topological polar surface area (TPSA) is 46.3 Å².